The Labute approximate surface area is 158 Å². The largest absolute Gasteiger partial charge is 0.325 e. The Hall–Kier alpha value is -3.26. The van der Waals surface area contributed by atoms with Crippen molar-refractivity contribution in [2.45, 2.75) is 4.90 Å². The Balaban J connectivity index is 1.44. The van der Waals surface area contributed by atoms with E-state index in [1.54, 1.807) is 16.6 Å². The van der Waals surface area contributed by atoms with Crippen molar-refractivity contribution >= 4 is 29.0 Å². The van der Waals surface area contributed by atoms with Gasteiger partial charge in [0, 0.05) is 16.1 Å². The second kappa shape index (κ2) is 7.55. The van der Waals surface area contributed by atoms with Crippen LogP contribution in [0.15, 0.2) is 71.9 Å². The van der Waals surface area contributed by atoms with Gasteiger partial charge in [0.05, 0.1) is 11.4 Å². The van der Waals surface area contributed by atoms with Gasteiger partial charge in [0.15, 0.2) is 5.65 Å². The van der Waals surface area contributed by atoms with E-state index in [2.05, 4.69) is 20.6 Å². The number of thioether (sulfide) groups is 1. The first-order valence-electron chi connectivity index (χ1n) is 8.13. The number of nitrogens with one attached hydrogen (secondary N) is 1. The number of rotatable bonds is 5. The molecule has 6 nitrogen and oxygen atoms in total. The molecule has 4 rings (SSSR count). The maximum absolute atomic E-state index is 12.9. The molecule has 1 N–H and O–H groups in total. The average molecular weight is 379 g/mol. The minimum Gasteiger partial charge on any atom is -0.325 e. The molecule has 0 bridgehead atoms. The fraction of sp³-hybridized carbons (Fsp3) is 0.0526. The fourth-order valence-corrected chi connectivity index (χ4v) is 3.21. The topological polar surface area (TPSA) is 72.2 Å². The van der Waals surface area contributed by atoms with Crippen LogP contribution in [0.1, 0.15) is 0 Å². The number of hydrogen-bond donors (Lipinski definition) is 1. The van der Waals surface area contributed by atoms with Crippen molar-refractivity contribution in [1.82, 2.24) is 19.8 Å². The second-order valence-corrected chi connectivity index (χ2v) is 6.77. The number of nitrogens with zero attached hydrogens (tertiary/aromatic N) is 4. The van der Waals surface area contributed by atoms with E-state index in [1.165, 1.54) is 30.2 Å². The highest BCUT2D eigenvalue weighted by molar-refractivity contribution is 8.00. The van der Waals surface area contributed by atoms with Gasteiger partial charge in [-0.1, -0.05) is 12.1 Å². The molecule has 134 valence electrons. The summed E-state index contributed by atoms with van der Waals surface area (Å²) in [5, 5.41) is 15.1. The third kappa shape index (κ3) is 4.12. The molecule has 1 amide bonds. The van der Waals surface area contributed by atoms with E-state index in [1.807, 2.05) is 36.4 Å². The maximum Gasteiger partial charge on any atom is 0.234 e. The van der Waals surface area contributed by atoms with Crippen LogP contribution in [-0.2, 0) is 4.79 Å². The number of aromatic nitrogens is 4. The number of carbonyl (C=O) groups is 1. The second-order valence-electron chi connectivity index (χ2n) is 5.72. The summed E-state index contributed by atoms with van der Waals surface area (Å²) < 4.78 is 14.5. The summed E-state index contributed by atoms with van der Waals surface area (Å²) in [4.78, 5) is 13.0. The highest BCUT2D eigenvalue weighted by Gasteiger charge is 2.07. The summed E-state index contributed by atoms with van der Waals surface area (Å²) in [6.07, 6.45) is 1.54. The predicted molar refractivity (Wildman–Crippen MR) is 102 cm³/mol. The molecule has 0 spiro atoms. The maximum atomic E-state index is 12.9. The molecule has 0 aliphatic carbocycles. The monoisotopic (exact) mass is 379 g/mol. The molecule has 0 aliphatic heterocycles. The number of hydrogen-bond acceptors (Lipinski definition) is 5. The van der Waals surface area contributed by atoms with Crippen LogP contribution in [0.2, 0.25) is 0 Å². The summed E-state index contributed by atoms with van der Waals surface area (Å²) in [6.45, 7) is 0. The number of halogens is 1. The van der Waals surface area contributed by atoms with Crippen LogP contribution >= 0.6 is 11.8 Å². The van der Waals surface area contributed by atoms with Crippen molar-refractivity contribution in [3.05, 3.63) is 72.8 Å². The summed E-state index contributed by atoms with van der Waals surface area (Å²) in [6, 6.07) is 17.2. The normalized spacial score (nSPS) is 10.9. The first-order chi connectivity index (χ1) is 13.2. The number of carbonyl (C=O) groups excluding carboxylic acids is 1. The predicted octanol–water partition coefficient (Wildman–Crippen LogP) is 3.66. The quantitative estimate of drug-likeness (QED) is 0.536. The highest BCUT2D eigenvalue weighted by Crippen LogP contribution is 2.22. The van der Waals surface area contributed by atoms with E-state index >= 15 is 0 Å². The molecule has 27 heavy (non-hydrogen) atoms. The molecule has 0 saturated carbocycles. The van der Waals surface area contributed by atoms with E-state index in [4.69, 9.17) is 0 Å². The van der Waals surface area contributed by atoms with Crippen LogP contribution in [0, 0.1) is 5.82 Å². The molecule has 0 aliphatic rings. The smallest absolute Gasteiger partial charge is 0.234 e. The SMILES string of the molecule is O=C(CSc1ccc(F)cc1)Nc1cccc(-c2ccc3nncn3n2)c1. The van der Waals surface area contributed by atoms with Gasteiger partial charge >= 0.3 is 0 Å². The van der Waals surface area contributed by atoms with Crippen molar-refractivity contribution in [3.8, 4) is 11.3 Å². The molecule has 0 saturated heterocycles. The highest BCUT2D eigenvalue weighted by atomic mass is 32.2. The van der Waals surface area contributed by atoms with Gasteiger partial charge in [-0.2, -0.15) is 9.61 Å². The van der Waals surface area contributed by atoms with E-state index in [9.17, 15) is 9.18 Å². The lowest BCUT2D eigenvalue weighted by molar-refractivity contribution is -0.113. The fourth-order valence-electron chi connectivity index (χ4n) is 2.52. The molecule has 0 fully saturated rings. The minimum absolute atomic E-state index is 0.135. The summed E-state index contributed by atoms with van der Waals surface area (Å²) in [5.74, 6) is -0.191. The van der Waals surface area contributed by atoms with Crippen LogP contribution in [0.25, 0.3) is 16.9 Å². The first kappa shape index (κ1) is 17.2. The van der Waals surface area contributed by atoms with Crippen LogP contribution in [0.4, 0.5) is 10.1 Å². The number of anilines is 1. The van der Waals surface area contributed by atoms with E-state index < -0.39 is 0 Å². The zero-order valence-electron chi connectivity index (χ0n) is 14.0. The Morgan fingerprint density at radius 2 is 1.96 bits per heavy atom. The molecule has 4 aromatic rings. The zero-order chi connectivity index (χ0) is 18.6. The van der Waals surface area contributed by atoms with Gasteiger partial charge in [-0.3, -0.25) is 4.79 Å². The van der Waals surface area contributed by atoms with Crippen molar-refractivity contribution in [1.29, 1.82) is 0 Å². The molecule has 0 radical (unpaired) electrons. The first-order valence-corrected chi connectivity index (χ1v) is 9.12. The lowest BCUT2D eigenvalue weighted by Gasteiger charge is -2.07. The standard InChI is InChI=1S/C19H14FN5OS/c20-14-4-6-16(7-5-14)27-11-19(26)22-15-3-1-2-13(10-15)17-8-9-18-23-21-12-25(18)24-17/h1-10,12H,11H2,(H,22,26). The third-order valence-electron chi connectivity index (χ3n) is 3.79. The Morgan fingerprint density at radius 3 is 2.81 bits per heavy atom. The lowest BCUT2D eigenvalue weighted by atomic mass is 10.1. The minimum atomic E-state index is -0.293. The van der Waals surface area contributed by atoms with Gasteiger partial charge in [-0.15, -0.1) is 22.0 Å². The Kier molecular flexibility index (Phi) is 4.80. The van der Waals surface area contributed by atoms with Gasteiger partial charge in [0.1, 0.15) is 12.1 Å². The lowest BCUT2D eigenvalue weighted by Crippen LogP contribution is -2.14. The van der Waals surface area contributed by atoms with Crippen molar-refractivity contribution < 1.29 is 9.18 Å². The number of fused-ring (bicyclic) bond motifs is 1. The molecule has 0 unspecified atom stereocenters. The van der Waals surface area contributed by atoms with Crippen molar-refractivity contribution in [2.24, 2.45) is 0 Å². The molecule has 2 heterocycles. The molecule has 8 heteroatoms. The summed E-state index contributed by atoms with van der Waals surface area (Å²) in [7, 11) is 0. The number of amides is 1. The molecule has 0 atom stereocenters. The van der Waals surface area contributed by atoms with E-state index in [0.29, 0.717) is 11.3 Å². The molecule has 2 aromatic heterocycles. The summed E-state index contributed by atoms with van der Waals surface area (Å²) in [5.41, 5.74) is 2.97. The molecule has 2 aromatic carbocycles. The van der Waals surface area contributed by atoms with Crippen LogP contribution in [0.5, 0.6) is 0 Å². The Morgan fingerprint density at radius 1 is 1.11 bits per heavy atom. The summed E-state index contributed by atoms with van der Waals surface area (Å²) >= 11 is 1.35. The van der Waals surface area contributed by atoms with E-state index in [0.717, 1.165) is 16.2 Å². The van der Waals surface area contributed by atoms with Crippen LogP contribution in [0.3, 0.4) is 0 Å². The zero-order valence-corrected chi connectivity index (χ0v) is 14.9. The van der Waals surface area contributed by atoms with E-state index in [-0.39, 0.29) is 17.5 Å². The third-order valence-corrected chi connectivity index (χ3v) is 4.80. The van der Waals surface area contributed by atoms with Crippen molar-refractivity contribution in [2.75, 3.05) is 11.1 Å². The molecular weight excluding hydrogens is 365 g/mol. The number of benzene rings is 2. The van der Waals surface area contributed by atoms with Crippen LogP contribution in [-0.4, -0.2) is 31.5 Å². The molecular formula is C19H14FN5OS. The van der Waals surface area contributed by atoms with Gasteiger partial charge in [0.2, 0.25) is 5.91 Å². The Bertz CT molecular complexity index is 1100. The van der Waals surface area contributed by atoms with Gasteiger partial charge in [-0.05, 0) is 48.5 Å². The van der Waals surface area contributed by atoms with Crippen molar-refractivity contribution in [3.63, 3.8) is 0 Å². The van der Waals surface area contributed by atoms with Gasteiger partial charge in [-0.25, -0.2) is 4.39 Å². The average Bonchev–Trinajstić information content (AvgIpc) is 3.15. The van der Waals surface area contributed by atoms with Gasteiger partial charge in [0.25, 0.3) is 0 Å². The van der Waals surface area contributed by atoms with Gasteiger partial charge < -0.3 is 5.32 Å². The van der Waals surface area contributed by atoms with Crippen LogP contribution < -0.4 is 5.32 Å².